The minimum absolute atomic E-state index is 0.0360. The number of hydrogen-bond acceptors (Lipinski definition) is 11. The first-order chi connectivity index (χ1) is 22.3. The lowest BCUT2D eigenvalue weighted by atomic mass is 9.38. The van der Waals surface area contributed by atoms with Crippen LogP contribution in [0.2, 0.25) is 0 Å². The monoisotopic (exact) mass is 665 g/mol. The number of anilines is 1. The third-order valence-corrected chi connectivity index (χ3v) is 12.4. The maximum absolute atomic E-state index is 14.8. The highest BCUT2D eigenvalue weighted by molar-refractivity contribution is 5.92. The van der Waals surface area contributed by atoms with Crippen molar-refractivity contribution in [3.8, 4) is 0 Å². The van der Waals surface area contributed by atoms with Crippen molar-refractivity contribution in [3.05, 3.63) is 46.0 Å². The number of rotatable bonds is 7. The summed E-state index contributed by atoms with van der Waals surface area (Å²) in [4.78, 5) is 62.4. The van der Waals surface area contributed by atoms with Crippen LogP contribution in [-0.4, -0.2) is 52.6 Å². The lowest BCUT2D eigenvalue weighted by Crippen LogP contribution is -2.65. The Morgan fingerprint density at radius 2 is 1.48 bits per heavy atom. The number of carbonyl (C=O) groups excluding carboxylic acids is 4. The number of nitro groups is 1. The van der Waals surface area contributed by atoms with Crippen molar-refractivity contribution in [1.82, 2.24) is 0 Å². The molecule has 1 aromatic rings. The van der Waals surface area contributed by atoms with E-state index in [9.17, 15) is 29.3 Å². The summed E-state index contributed by atoms with van der Waals surface area (Å²) in [6.07, 6.45) is 1.93. The van der Waals surface area contributed by atoms with E-state index in [1.54, 1.807) is 12.1 Å². The Hall–Kier alpha value is -4.09. The highest BCUT2D eigenvalue weighted by Gasteiger charge is 2.73. The molecule has 3 saturated carbocycles. The summed E-state index contributed by atoms with van der Waals surface area (Å²) in [7, 11) is 0. The lowest BCUT2D eigenvalue weighted by Gasteiger charge is -2.64. The maximum Gasteiger partial charge on any atom is 0.303 e. The normalized spacial score (nSPS) is 36.8. The quantitative estimate of drug-likeness (QED) is 0.0888. The van der Waals surface area contributed by atoms with E-state index in [1.165, 1.54) is 32.9 Å². The minimum Gasteiger partial charge on any atom is -0.462 e. The van der Waals surface area contributed by atoms with E-state index < -0.39 is 62.8 Å². The van der Waals surface area contributed by atoms with Crippen LogP contribution in [0.3, 0.4) is 0 Å². The largest absolute Gasteiger partial charge is 0.462 e. The number of non-ortho nitro benzene ring substituents is 1. The molecule has 4 aliphatic rings. The first-order valence-corrected chi connectivity index (χ1v) is 16.6. The van der Waals surface area contributed by atoms with Gasteiger partial charge in [-0.3, -0.25) is 34.7 Å². The van der Waals surface area contributed by atoms with Gasteiger partial charge in [-0.25, -0.2) is 0 Å². The second kappa shape index (κ2) is 12.1. The van der Waals surface area contributed by atoms with Crippen molar-refractivity contribution >= 4 is 40.8 Å². The predicted octanol–water partition coefficient (Wildman–Crippen LogP) is 6.18. The van der Waals surface area contributed by atoms with Crippen molar-refractivity contribution < 1.29 is 38.3 Å². The molecule has 0 unspecified atom stereocenters. The van der Waals surface area contributed by atoms with Gasteiger partial charge in [0, 0.05) is 61.8 Å². The number of hydrogen-bond donors (Lipinski definition) is 1. The Bertz CT molecular complexity index is 1600. The van der Waals surface area contributed by atoms with E-state index in [0.717, 1.165) is 5.57 Å². The van der Waals surface area contributed by atoms with Crippen molar-refractivity contribution in [2.45, 2.75) is 106 Å². The Morgan fingerprint density at radius 1 is 0.896 bits per heavy atom. The molecular weight excluding hydrogens is 618 g/mol. The van der Waals surface area contributed by atoms with Crippen LogP contribution in [-0.2, 0) is 33.4 Å². The molecular formula is C36H47N3O9. The fourth-order valence-corrected chi connectivity index (χ4v) is 10.1. The van der Waals surface area contributed by atoms with Gasteiger partial charge in [-0.15, -0.1) is 0 Å². The SMILES string of the molecule is CC(=O)O[C@H]1C[C@@H]2C(=CC[C@@H]3[C@@]2(C)C(=O)C[C@]2(C)[C@@H](/C(C)=N/Nc4ccc([N+](=O)[O-])cc4)[C@H](OC(C)=O)C[C@@]32C)C(C)(C)[C@@H]1OC(C)=O. The fourth-order valence-electron chi connectivity index (χ4n) is 10.1. The van der Waals surface area contributed by atoms with Gasteiger partial charge in [0.25, 0.3) is 5.69 Å². The Labute approximate surface area is 281 Å². The molecule has 1 N–H and O–H groups in total. The average Bonchev–Trinajstić information content (AvgIpc) is 3.19. The van der Waals surface area contributed by atoms with E-state index in [1.807, 2.05) is 27.7 Å². The second-order valence-electron chi connectivity index (χ2n) is 15.4. The summed E-state index contributed by atoms with van der Waals surface area (Å²) < 4.78 is 17.6. The van der Waals surface area contributed by atoms with E-state index in [2.05, 4.69) is 30.5 Å². The average molecular weight is 666 g/mol. The standard InChI is InChI=1S/C36H47N3O9/c1-19(37-38-23-10-12-24(13-11-23)39(44)45)31-28(47-21(3)41)17-34(7)29-15-14-25-26(36(29,9)30(43)18-35(31,34)8)16-27(46-20(2)40)32(33(25,5)6)48-22(4)42/h10-14,26-29,31-32,38H,15-18H2,1-9H3/b37-19+/t26-,27+,28-,29+,31+,32-,34+,35-,36+/m1/s1. The summed E-state index contributed by atoms with van der Waals surface area (Å²) in [6, 6.07) is 5.92. The van der Waals surface area contributed by atoms with Crippen molar-refractivity contribution in [2.75, 3.05) is 5.43 Å². The molecule has 260 valence electrons. The molecule has 5 rings (SSSR count). The van der Waals surface area contributed by atoms with Gasteiger partial charge in [-0.1, -0.05) is 46.3 Å². The molecule has 0 saturated heterocycles. The number of ketones is 1. The Balaban J connectivity index is 1.55. The van der Waals surface area contributed by atoms with Crippen LogP contribution in [0, 0.1) is 49.5 Å². The molecule has 0 aliphatic heterocycles. The van der Waals surface area contributed by atoms with E-state index >= 15 is 0 Å². The number of nitrogens with one attached hydrogen (secondary N) is 1. The minimum atomic E-state index is -0.826. The molecule has 1 aromatic carbocycles. The summed E-state index contributed by atoms with van der Waals surface area (Å²) in [5.41, 5.74) is 2.58. The van der Waals surface area contributed by atoms with E-state index in [0.29, 0.717) is 30.7 Å². The molecule has 0 spiro atoms. The van der Waals surface area contributed by atoms with Gasteiger partial charge >= 0.3 is 17.9 Å². The molecule has 0 bridgehead atoms. The predicted molar refractivity (Wildman–Crippen MR) is 177 cm³/mol. The second-order valence-corrected chi connectivity index (χ2v) is 15.4. The number of nitrogens with zero attached hydrogens (tertiary/aromatic N) is 2. The zero-order valence-corrected chi connectivity index (χ0v) is 29.2. The molecule has 4 aliphatic carbocycles. The number of hydrazone groups is 1. The number of Topliss-reactive ketones (excluding diaryl/α,β-unsaturated/α-hetero) is 1. The van der Waals surface area contributed by atoms with Gasteiger partial charge in [0.05, 0.1) is 10.6 Å². The third kappa shape index (κ3) is 5.50. The Kier molecular flexibility index (Phi) is 8.88. The maximum atomic E-state index is 14.8. The summed E-state index contributed by atoms with van der Waals surface area (Å²) in [5.74, 6) is -2.05. The smallest absolute Gasteiger partial charge is 0.303 e. The van der Waals surface area contributed by atoms with Gasteiger partial charge < -0.3 is 14.2 Å². The fraction of sp³-hybridized carbons (Fsp3) is 0.639. The van der Waals surface area contributed by atoms with E-state index in [-0.39, 0.29) is 35.6 Å². The molecule has 9 atom stereocenters. The van der Waals surface area contributed by atoms with Crippen LogP contribution >= 0.6 is 0 Å². The molecule has 12 heteroatoms. The van der Waals surface area contributed by atoms with Crippen LogP contribution in [0.5, 0.6) is 0 Å². The van der Waals surface area contributed by atoms with Gasteiger partial charge in [0.15, 0.2) is 0 Å². The first kappa shape index (κ1) is 35.2. The molecule has 0 heterocycles. The van der Waals surface area contributed by atoms with Gasteiger partial charge in [-0.05, 0) is 61.0 Å². The third-order valence-electron chi connectivity index (χ3n) is 12.4. The molecule has 12 nitrogen and oxygen atoms in total. The molecule has 3 fully saturated rings. The number of nitro benzene ring substituents is 1. The Morgan fingerprint density at radius 3 is 2.04 bits per heavy atom. The van der Waals surface area contributed by atoms with Gasteiger partial charge in [0.1, 0.15) is 24.1 Å². The number of benzene rings is 1. The molecule has 48 heavy (non-hydrogen) atoms. The summed E-state index contributed by atoms with van der Waals surface area (Å²) >= 11 is 0. The summed E-state index contributed by atoms with van der Waals surface area (Å²) in [5, 5.41) is 15.8. The molecule has 0 aromatic heterocycles. The number of allylic oxidation sites excluding steroid dienone is 1. The van der Waals surface area contributed by atoms with Crippen LogP contribution in [0.25, 0.3) is 0 Å². The van der Waals surface area contributed by atoms with Crippen molar-refractivity contribution in [2.24, 2.45) is 44.5 Å². The highest BCUT2D eigenvalue weighted by Crippen LogP contribution is 2.73. The zero-order valence-electron chi connectivity index (χ0n) is 29.2. The molecule has 0 amide bonds. The van der Waals surface area contributed by atoms with Crippen LogP contribution < -0.4 is 5.43 Å². The number of esters is 3. The van der Waals surface area contributed by atoms with Crippen molar-refractivity contribution in [1.29, 1.82) is 0 Å². The molecule has 0 radical (unpaired) electrons. The first-order valence-electron chi connectivity index (χ1n) is 16.6. The van der Waals surface area contributed by atoms with Crippen LogP contribution in [0.15, 0.2) is 41.0 Å². The van der Waals surface area contributed by atoms with Crippen LogP contribution in [0.1, 0.15) is 88.0 Å². The zero-order chi connectivity index (χ0) is 35.6. The van der Waals surface area contributed by atoms with Crippen molar-refractivity contribution in [3.63, 3.8) is 0 Å². The highest BCUT2D eigenvalue weighted by atomic mass is 16.6. The van der Waals surface area contributed by atoms with E-state index in [4.69, 9.17) is 14.2 Å². The number of carbonyl (C=O) groups is 4. The van der Waals surface area contributed by atoms with Gasteiger partial charge in [0.2, 0.25) is 0 Å². The summed E-state index contributed by atoms with van der Waals surface area (Å²) in [6.45, 7) is 16.2. The van der Waals surface area contributed by atoms with Gasteiger partial charge in [-0.2, -0.15) is 5.10 Å². The number of ether oxygens (including phenoxy) is 3. The number of fused-ring (bicyclic) bond motifs is 5. The van der Waals surface area contributed by atoms with Crippen LogP contribution in [0.4, 0.5) is 11.4 Å². The lowest BCUT2D eigenvalue weighted by molar-refractivity contribution is -0.384. The topological polar surface area (TPSA) is 164 Å².